The molecule has 1 aliphatic carbocycles. The van der Waals surface area contributed by atoms with Gasteiger partial charge in [-0.3, -0.25) is 9.59 Å². The van der Waals surface area contributed by atoms with Crippen LogP contribution in [0.5, 0.6) is 0 Å². The van der Waals surface area contributed by atoms with Gasteiger partial charge in [0, 0.05) is 17.9 Å². The van der Waals surface area contributed by atoms with Crippen LogP contribution in [-0.4, -0.2) is 30.9 Å². The van der Waals surface area contributed by atoms with Gasteiger partial charge in [0.1, 0.15) is 30.7 Å². The Kier molecular flexibility index (Phi) is 6.13. The van der Waals surface area contributed by atoms with Crippen LogP contribution >= 0.6 is 0 Å². The van der Waals surface area contributed by atoms with Gasteiger partial charge < -0.3 is 14.6 Å². The summed E-state index contributed by atoms with van der Waals surface area (Å²) in [5.74, 6) is -2.73. The van der Waals surface area contributed by atoms with Crippen LogP contribution in [0, 0.1) is 11.6 Å². The Morgan fingerprint density at radius 1 is 1.15 bits per heavy atom. The van der Waals surface area contributed by atoms with Gasteiger partial charge in [0.05, 0.1) is 12.2 Å². The first-order chi connectivity index (χ1) is 15.8. The summed E-state index contributed by atoms with van der Waals surface area (Å²) in [4.78, 5) is 39.3. The summed E-state index contributed by atoms with van der Waals surface area (Å²) in [5, 5.41) is 2.49. The van der Waals surface area contributed by atoms with E-state index in [1.54, 1.807) is 11.5 Å². The number of pyridine rings is 1. The quantitative estimate of drug-likeness (QED) is 0.464. The third-order valence-electron chi connectivity index (χ3n) is 5.28. The van der Waals surface area contributed by atoms with E-state index in [2.05, 4.69) is 5.32 Å². The fourth-order valence-electron chi connectivity index (χ4n) is 3.53. The highest BCUT2D eigenvalue weighted by Crippen LogP contribution is 2.38. The van der Waals surface area contributed by atoms with Gasteiger partial charge in [-0.15, -0.1) is 0 Å². The summed E-state index contributed by atoms with van der Waals surface area (Å²) in [6.45, 7) is 1.73. The predicted octanol–water partition coefficient (Wildman–Crippen LogP) is 3.35. The van der Waals surface area contributed by atoms with Crippen molar-refractivity contribution in [1.82, 2.24) is 4.57 Å². The lowest BCUT2D eigenvalue weighted by Crippen LogP contribution is -2.29. The van der Waals surface area contributed by atoms with E-state index >= 15 is 0 Å². The maximum Gasteiger partial charge on any atom is 0.355 e. The third kappa shape index (κ3) is 4.57. The first kappa shape index (κ1) is 22.4. The zero-order valence-corrected chi connectivity index (χ0v) is 17.7. The molecule has 1 amide bonds. The average Bonchev–Trinajstić information content (AvgIpc) is 3.62. The van der Waals surface area contributed by atoms with Crippen molar-refractivity contribution in [1.29, 1.82) is 0 Å². The SMILES string of the molecule is [B]c1ccc(NC(=O)c2cn(C3CC3)c(C(=O)OCC)c(-c3ccc(F)cc3)c2=O)cc1F. The smallest absolute Gasteiger partial charge is 0.355 e. The Morgan fingerprint density at radius 2 is 1.85 bits per heavy atom. The molecule has 0 aliphatic heterocycles. The number of esters is 1. The van der Waals surface area contributed by atoms with E-state index in [1.807, 2.05) is 0 Å². The lowest BCUT2D eigenvalue weighted by atomic mass is 9.95. The second-order valence-electron chi connectivity index (χ2n) is 7.65. The molecular formula is C24H19BF2N2O4. The molecule has 1 saturated carbocycles. The maximum absolute atomic E-state index is 13.8. The summed E-state index contributed by atoms with van der Waals surface area (Å²) in [6.07, 6.45) is 2.83. The van der Waals surface area contributed by atoms with E-state index in [1.165, 1.54) is 30.5 Å². The molecule has 9 heteroatoms. The number of amides is 1. The molecule has 166 valence electrons. The molecule has 2 radical (unpaired) electrons. The molecule has 0 atom stereocenters. The van der Waals surface area contributed by atoms with Crippen molar-refractivity contribution in [2.45, 2.75) is 25.8 Å². The number of nitrogens with one attached hydrogen (secondary N) is 1. The monoisotopic (exact) mass is 448 g/mol. The summed E-state index contributed by atoms with van der Waals surface area (Å²) in [6, 6.07) is 8.70. The minimum absolute atomic E-state index is 0.00559. The van der Waals surface area contributed by atoms with Crippen LogP contribution < -0.4 is 16.2 Å². The molecule has 0 bridgehead atoms. The van der Waals surface area contributed by atoms with Gasteiger partial charge in [-0.2, -0.15) is 0 Å². The largest absolute Gasteiger partial charge is 0.461 e. The van der Waals surface area contributed by atoms with Crippen molar-refractivity contribution in [3.05, 3.63) is 81.8 Å². The second kappa shape index (κ2) is 9.01. The number of hydrogen-bond donors (Lipinski definition) is 1. The highest BCUT2D eigenvalue weighted by molar-refractivity contribution is 6.32. The van der Waals surface area contributed by atoms with Gasteiger partial charge in [0.25, 0.3) is 5.91 Å². The molecule has 33 heavy (non-hydrogen) atoms. The lowest BCUT2D eigenvalue weighted by molar-refractivity contribution is 0.0513. The van der Waals surface area contributed by atoms with Crippen molar-refractivity contribution in [2.75, 3.05) is 11.9 Å². The first-order valence-corrected chi connectivity index (χ1v) is 10.4. The summed E-state index contributed by atoms with van der Waals surface area (Å²) in [5.41, 5.74) is -0.723. The van der Waals surface area contributed by atoms with Crippen molar-refractivity contribution in [3.8, 4) is 11.1 Å². The predicted molar refractivity (Wildman–Crippen MR) is 120 cm³/mol. The van der Waals surface area contributed by atoms with E-state index in [0.717, 1.165) is 31.0 Å². The molecule has 0 spiro atoms. The number of hydrogen-bond acceptors (Lipinski definition) is 4. The van der Waals surface area contributed by atoms with Gasteiger partial charge >= 0.3 is 5.97 Å². The van der Waals surface area contributed by atoms with E-state index in [9.17, 15) is 23.2 Å². The minimum Gasteiger partial charge on any atom is -0.461 e. The van der Waals surface area contributed by atoms with Gasteiger partial charge in [0.15, 0.2) is 0 Å². The van der Waals surface area contributed by atoms with E-state index in [4.69, 9.17) is 12.6 Å². The number of rotatable bonds is 6. The van der Waals surface area contributed by atoms with Gasteiger partial charge in [0.2, 0.25) is 5.43 Å². The molecule has 1 aliphatic rings. The Morgan fingerprint density at radius 3 is 2.45 bits per heavy atom. The lowest BCUT2D eigenvalue weighted by Gasteiger charge is -2.18. The molecular weight excluding hydrogens is 429 g/mol. The molecule has 3 aromatic rings. The van der Waals surface area contributed by atoms with E-state index < -0.39 is 28.9 Å². The van der Waals surface area contributed by atoms with Gasteiger partial charge in [-0.25, -0.2) is 13.6 Å². The number of aromatic nitrogens is 1. The number of carbonyl (C=O) groups is 2. The fraction of sp³-hybridized carbons (Fsp3) is 0.208. The zero-order chi connectivity index (χ0) is 23.7. The van der Waals surface area contributed by atoms with Crippen LogP contribution in [0.1, 0.15) is 46.7 Å². The Balaban J connectivity index is 1.88. The third-order valence-corrected chi connectivity index (χ3v) is 5.28. The van der Waals surface area contributed by atoms with Crippen molar-refractivity contribution in [2.24, 2.45) is 0 Å². The highest BCUT2D eigenvalue weighted by atomic mass is 19.1. The summed E-state index contributed by atoms with van der Waals surface area (Å²) < 4.78 is 34.1. The molecule has 2 aromatic carbocycles. The van der Waals surface area contributed by atoms with Crippen LogP contribution in [0.2, 0.25) is 0 Å². The minimum atomic E-state index is -0.780. The molecule has 1 heterocycles. The number of anilines is 1. The Hall–Kier alpha value is -3.75. The standard InChI is InChI=1S/C24H19BF2N2O4/c1-2-33-24(32)21-20(13-3-5-14(26)6-4-13)22(30)17(12-29(21)16-8-9-16)23(31)28-15-7-10-18(25)19(27)11-15/h3-7,10-12,16H,2,8-9H2,1H3,(H,28,31). The molecule has 1 fully saturated rings. The number of ether oxygens (including phenoxy) is 1. The topological polar surface area (TPSA) is 77.4 Å². The Bertz CT molecular complexity index is 1300. The molecule has 0 unspecified atom stereocenters. The van der Waals surface area contributed by atoms with Crippen molar-refractivity contribution < 1.29 is 23.1 Å². The normalized spacial score (nSPS) is 12.9. The number of carbonyl (C=O) groups excluding carboxylic acids is 2. The van der Waals surface area contributed by atoms with Crippen LogP contribution in [0.3, 0.4) is 0 Å². The summed E-state index contributed by atoms with van der Waals surface area (Å²) in [7, 11) is 5.47. The fourth-order valence-corrected chi connectivity index (χ4v) is 3.53. The van der Waals surface area contributed by atoms with Crippen LogP contribution in [0.15, 0.2) is 53.5 Å². The molecule has 6 nitrogen and oxygen atoms in total. The van der Waals surface area contributed by atoms with Crippen molar-refractivity contribution in [3.63, 3.8) is 0 Å². The van der Waals surface area contributed by atoms with Gasteiger partial charge in [-0.1, -0.05) is 23.7 Å². The van der Waals surface area contributed by atoms with E-state index in [-0.39, 0.29) is 46.2 Å². The second-order valence-corrected chi connectivity index (χ2v) is 7.65. The molecule has 1 aromatic heterocycles. The highest BCUT2D eigenvalue weighted by Gasteiger charge is 2.33. The maximum atomic E-state index is 13.8. The first-order valence-electron chi connectivity index (χ1n) is 10.4. The van der Waals surface area contributed by atoms with E-state index in [0.29, 0.717) is 0 Å². The van der Waals surface area contributed by atoms with Crippen molar-refractivity contribution >= 4 is 30.9 Å². The number of halogens is 2. The zero-order valence-electron chi connectivity index (χ0n) is 17.7. The number of benzene rings is 2. The number of nitrogens with zero attached hydrogens (tertiary/aromatic N) is 1. The molecule has 1 N–H and O–H groups in total. The molecule has 4 rings (SSSR count). The molecule has 0 saturated heterocycles. The Labute approximate surface area is 189 Å². The summed E-state index contributed by atoms with van der Waals surface area (Å²) >= 11 is 0. The van der Waals surface area contributed by atoms with Crippen LogP contribution in [0.4, 0.5) is 14.5 Å². The van der Waals surface area contributed by atoms with Crippen LogP contribution in [0.25, 0.3) is 11.1 Å². The van der Waals surface area contributed by atoms with Crippen LogP contribution in [-0.2, 0) is 4.74 Å². The average molecular weight is 448 g/mol. The van der Waals surface area contributed by atoms with Gasteiger partial charge in [-0.05, 0) is 49.6 Å².